The Morgan fingerprint density at radius 3 is 2.37 bits per heavy atom. The fourth-order valence-corrected chi connectivity index (χ4v) is 5.09. The monoisotopic (exact) mass is 605 g/mol. The van der Waals surface area contributed by atoms with Crippen molar-refractivity contribution in [2.45, 2.75) is 45.7 Å². The van der Waals surface area contributed by atoms with Gasteiger partial charge in [0.2, 0.25) is 21.8 Å². The van der Waals surface area contributed by atoms with Gasteiger partial charge in [0.05, 0.1) is 17.0 Å². The number of anilines is 1. The molecule has 0 spiro atoms. The molecular formula is C24H30BrCl2N3O4S. The van der Waals surface area contributed by atoms with Gasteiger partial charge in [-0.1, -0.05) is 58.2 Å². The predicted molar refractivity (Wildman–Crippen MR) is 145 cm³/mol. The average molecular weight is 607 g/mol. The van der Waals surface area contributed by atoms with Gasteiger partial charge in [0.15, 0.2) is 0 Å². The maximum absolute atomic E-state index is 13.2. The number of sulfonamides is 1. The molecule has 1 unspecified atom stereocenters. The van der Waals surface area contributed by atoms with Gasteiger partial charge < -0.3 is 10.2 Å². The van der Waals surface area contributed by atoms with Crippen LogP contribution in [0.5, 0.6) is 0 Å². The average Bonchev–Trinajstić information content (AvgIpc) is 2.80. The Labute approximate surface area is 225 Å². The zero-order chi connectivity index (χ0) is 26.2. The first-order valence-electron chi connectivity index (χ1n) is 11.2. The van der Waals surface area contributed by atoms with Crippen LogP contribution in [0.2, 0.25) is 10.0 Å². The molecule has 0 saturated heterocycles. The van der Waals surface area contributed by atoms with Crippen molar-refractivity contribution >= 4 is 66.7 Å². The summed E-state index contributed by atoms with van der Waals surface area (Å²) >= 11 is 15.7. The number of benzene rings is 2. The Kier molecular flexibility index (Phi) is 11.3. The van der Waals surface area contributed by atoms with Crippen LogP contribution in [0.15, 0.2) is 46.9 Å². The molecule has 0 aliphatic carbocycles. The van der Waals surface area contributed by atoms with Crippen LogP contribution >= 0.6 is 39.1 Å². The van der Waals surface area contributed by atoms with Crippen LogP contribution in [0.1, 0.15) is 38.7 Å². The van der Waals surface area contributed by atoms with Crippen molar-refractivity contribution < 1.29 is 18.0 Å². The van der Waals surface area contributed by atoms with Gasteiger partial charge >= 0.3 is 0 Å². The van der Waals surface area contributed by atoms with E-state index in [2.05, 4.69) is 21.2 Å². The third kappa shape index (κ3) is 8.97. The molecule has 35 heavy (non-hydrogen) atoms. The molecule has 11 heteroatoms. The number of carbonyl (C=O) groups is 2. The number of carbonyl (C=O) groups excluding carboxylic acids is 2. The van der Waals surface area contributed by atoms with Gasteiger partial charge in [0.25, 0.3) is 0 Å². The summed E-state index contributed by atoms with van der Waals surface area (Å²) < 4.78 is 26.9. The predicted octanol–water partition coefficient (Wildman–Crippen LogP) is 5.25. The Balaban J connectivity index is 2.18. The van der Waals surface area contributed by atoms with E-state index in [0.29, 0.717) is 11.6 Å². The minimum atomic E-state index is -3.67. The molecule has 7 nitrogen and oxygen atoms in total. The van der Waals surface area contributed by atoms with Crippen LogP contribution in [0.3, 0.4) is 0 Å². The second kappa shape index (κ2) is 13.5. The van der Waals surface area contributed by atoms with Crippen molar-refractivity contribution in [3.8, 4) is 0 Å². The smallest absolute Gasteiger partial charge is 0.242 e. The van der Waals surface area contributed by atoms with E-state index < -0.39 is 16.1 Å². The van der Waals surface area contributed by atoms with Crippen LogP contribution in [-0.4, -0.2) is 50.5 Å². The summed E-state index contributed by atoms with van der Waals surface area (Å²) in [7, 11) is -3.67. The van der Waals surface area contributed by atoms with Gasteiger partial charge in [-0.3, -0.25) is 13.9 Å². The minimum absolute atomic E-state index is 0.0349. The molecule has 2 amide bonds. The molecule has 2 rings (SSSR count). The standard InChI is InChI=1S/C24H30BrCl2N3O4S/c1-4-13-28-24(32)17(2)29(16-18-7-9-19(25)10-8-18)23(31)6-5-14-30(35(3,33)34)22-15-20(26)11-12-21(22)27/h7-12,15,17H,4-6,13-14,16H2,1-3H3,(H,28,32). The van der Waals surface area contributed by atoms with E-state index in [9.17, 15) is 18.0 Å². The number of halogens is 3. The summed E-state index contributed by atoms with van der Waals surface area (Å²) in [5, 5.41) is 3.42. The van der Waals surface area contributed by atoms with Gasteiger partial charge in [-0.05, 0) is 55.7 Å². The van der Waals surface area contributed by atoms with Crippen molar-refractivity contribution in [1.29, 1.82) is 0 Å². The van der Waals surface area contributed by atoms with Crippen molar-refractivity contribution in [3.63, 3.8) is 0 Å². The zero-order valence-corrected chi connectivity index (χ0v) is 23.8. The fourth-order valence-electron chi connectivity index (χ4n) is 3.42. The highest BCUT2D eigenvalue weighted by Crippen LogP contribution is 2.31. The molecule has 1 atom stereocenters. The molecule has 192 valence electrons. The Morgan fingerprint density at radius 1 is 1.11 bits per heavy atom. The second-order valence-corrected chi connectivity index (χ2v) is 11.8. The normalized spacial score (nSPS) is 12.2. The molecule has 2 aromatic carbocycles. The quantitative estimate of drug-likeness (QED) is 0.358. The molecule has 0 saturated carbocycles. The molecule has 0 heterocycles. The second-order valence-electron chi connectivity index (χ2n) is 8.15. The van der Waals surface area contributed by atoms with Gasteiger partial charge in [-0.25, -0.2) is 8.42 Å². The number of hydrogen-bond acceptors (Lipinski definition) is 4. The first kappa shape index (κ1) is 29.4. The molecule has 0 fully saturated rings. The number of nitrogens with one attached hydrogen (secondary N) is 1. The SMILES string of the molecule is CCCNC(=O)C(C)N(Cc1ccc(Br)cc1)C(=O)CCCN(c1cc(Cl)ccc1Cl)S(C)(=O)=O. The highest BCUT2D eigenvalue weighted by atomic mass is 79.9. The van der Waals surface area contributed by atoms with E-state index in [0.717, 1.165) is 27.0 Å². The Morgan fingerprint density at radius 2 is 1.77 bits per heavy atom. The molecule has 1 N–H and O–H groups in total. The Bertz CT molecular complexity index is 1130. The summed E-state index contributed by atoms with van der Waals surface area (Å²) in [6.07, 6.45) is 2.14. The van der Waals surface area contributed by atoms with Crippen molar-refractivity contribution in [2.24, 2.45) is 0 Å². The lowest BCUT2D eigenvalue weighted by Crippen LogP contribution is -2.47. The number of amides is 2. The molecule has 2 aromatic rings. The number of nitrogens with zero attached hydrogens (tertiary/aromatic N) is 2. The summed E-state index contributed by atoms with van der Waals surface area (Å²) in [4.78, 5) is 27.4. The summed E-state index contributed by atoms with van der Waals surface area (Å²) in [6.45, 7) is 4.45. The fraction of sp³-hybridized carbons (Fsp3) is 0.417. The number of rotatable bonds is 12. The van der Waals surface area contributed by atoms with E-state index in [1.807, 2.05) is 31.2 Å². The van der Waals surface area contributed by atoms with Crippen LogP contribution in [-0.2, 0) is 26.2 Å². The molecule has 0 aromatic heterocycles. The first-order valence-corrected chi connectivity index (χ1v) is 14.6. The van der Waals surface area contributed by atoms with Gasteiger partial charge in [0.1, 0.15) is 6.04 Å². The summed E-state index contributed by atoms with van der Waals surface area (Å²) in [5.74, 6) is -0.488. The van der Waals surface area contributed by atoms with E-state index in [4.69, 9.17) is 23.2 Å². The third-order valence-electron chi connectivity index (χ3n) is 5.31. The third-order valence-corrected chi connectivity index (χ3v) is 7.58. The molecular weight excluding hydrogens is 577 g/mol. The van der Waals surface area contributed by atoms with Crippen LogP contribution < -0.4 is 9.62 Å². The topological polar surface area (TPSA) is 86.8 Å². The molecule has 0 aliphatic rings. The molecule has 0 radical (unpaired) electrons. The molecule has 0 aliphatic heterocycles. The first-order chi connectivity index (χ1) is 16.4. The van der Waals surface area contributed by atoms with E-state index >= 15 is 0 Å². The number of hydrogen-bond donors (Lipinski definition) is 1. The van der Waals surface area contributed by atoms with E-state index in [1.165, 1.54) is 17.0 Å². The maximum atomic E-state index is 13.2. The van der Waals surface area contributed by atoms with Gasteiger partial charge in [0, 0.05) is 35.6 Å². The van der Waals surface area contributed by atoms with Crippen LogP contribution in [0.4, 0.5) is 5.69 Å². The molecule has 0 bridgehead atoms. The minimum Gasteiger partial charge on any atom is -0.354 e. The summed E-state index contributed by atoms with van der Waals surface area (Å²) in [5.41, 5.74) is 1.13. The highest BCUT2D eigenvalue weighted by molar-refractivity contribution is 9.10. The zero-order valence-electron chi connectivity index (χ0n) is 19.9. The van der Waals surface area contributed by atoms with Gasteiger partial charge in [-0.15, -0.1) is 0 Å². The lowest BCUT2D eigenvalue weighted by Gasteiger charge is -2.29. The Hall–Kier alpha value is -1.81. The maximum Gasteiger partial charge on any atom is 0.242 e. The van der Waals surface area contributed by atoms with Gasteiger partial charge in [-0.2, -0.15) is 0 Å². The summed E-state index contributed by atoms with van der Waals surface area (Å²) in [6, 6.07) is 11.4. The lowest BCUT2D eigenvalue weighted by molar-refractivity contribution is -0.140. The van der Waals surface area contributed by atoms with E-state index in [1.54, 1.807) is 13.0 Å². The van der Waals surface area contributed by atoms with Crippen molar-refractivity contribution in [3.05, 3.63) is 62.5 Å². The van der Waals surface area contributed by atoms with Crippen LogP contribution in [0, 0.1) is 0 Å². The lowest BCUT2D eigenvalue weighted by atomic mass is 10.1. The van der Waals surface area contributed by atoms with Crippen LogP contribution in [0.25, 0.3) is 0 Å². The highest BCUT2D eigenvalue weighted by Gasteiger charge is 2.27. The van der Waals surface area contributed by atoms with Crippen molar-refractivity contribution in [1.82, 2.24) is 10.2 Å². The largest absolute Gasteiger partial charge is 0.354 e. The van der Waals surface area contributed by atoms with E-state index in [-0.39, 0.29) is 48.5 Å². The van der Waals surface area contributed by atoms with Crippen molar-refractivity contribution in [2.75, 3.05) is 23.7 Å².